The Balaban J connectivity index is 1.60. The molecule has 30 heavy (non-hydrogen) atoms. The number of amides is 1. The second kappa shape index (κ2) is 9.38. The van der Waals surface area contributed by atoms with Crippen LogP contribution in [-0.4, -0.2) is 30.2 Å². The highest BCUT2D eigenvalue weighted by atomic mass is 32.2. The number of rotatable bonds is 6. The van der Waals surface area contributed by atoms with Gasteiger partial charge in [0.15, 0.2) is 0 Å². The molecule has 1 aromatic heterocycles. The van der Waals surface area contributed by atoms with E-state index in [9.17, 15) is 4.79 Å². The summed E-state index contributed by atoms with van der Waals surface area (Å²) in [6.07, 6.45) is 4.14. The smallest absolute Gasteiger partial charge is 0.238 e. The number of benzene rings is 2. The van der Waals surface area contributed by atoms with Crippen molar-refractivity contribution in [1.82, 2.24) is 4.90 Å². The first-order chi connectivity index (χ1) is 14.6. The van der Waals surface area contributed by atoms with Gasteiger partial charge in [-0.25, -0.2) is 0 Å². The van der Waals surface area contributed by atoms with Crippen molar-refractivity contribution >= 4 is 34.7 Å². The van der Waals surface area contributed by atoms with E-state index in [0.717, 1.165) is 30.0 Å². The van der Waals surface area contributed by atoms with Crippen molar-refractivity contribution < 1.29 is 4.79 Å². The summed E-state index contributed by atoms with van der Waals surface area (Å²) in [5, 5.41) is 3.10. The van der Waals surface area contributed by atoms with Gasteiger partial charge in [-0.3, -0.25) is 9.69 Å². The predicted molar refractivity (Wildman–Crippen MR) is 129 cm³/mol. The highest BCUT2D eigenvalue weighted by Crippen LogP contribution is 2.42. The fourth-order valence-corrected chi connectivity index (χ4v) is 6.34. The maximum Gasteiger partial charge on any atom is 0.238 e. The van der Waals surface area contributed by atoms with E-state index < -0.39 is 0 Å². The lowest BCUT2D eigenvalue weighted by Gasteiger charge is -2.36. The molecule has 1 amide bonds. The summed E-state index contributed by atoms with van der Waals surface area (Å²) in [5.41, 5.74) is 5.15. The number of hydrogen-bond donors (Lipinski definition) is 1. The van der Waals surface area contributed by atoms with Gasteiger partial charge in [-0.15, -0.1) is 23.1 Å². The Kier molecular flexibility index (Phi) is 6.61. The van der Waals surface area contributed by atoms with Gasteiger partial charge in [-0.2, -0.15) is 0 Å². The molecule has 0 bridgehead atoms. The van der Waals surface area contributed by atoms with Crippen molar-refractivity contribution in [3.8, 4) is 0 Å². The van der Waals surface area contributed by atoms with Crippen LogP contribution in [-0.2, 0) is 17.6 Å². The summed E-state index contributed by atoms with van der Waals surface area (Å²) in [5.74, 6) is 0.0432. The molecule has 1 aliphatic heterocycles. The fraction of sp³-hybridized carbons (Fsp3) is 0.320. The lowest BCUT2D eigenvalue weighted by Crippen LogP contribution is -2.40. The van der Waals surface area contributed by atoms with Gasteiger partial charge in [0.05, 0.1) is 12.6 Å². The van der Waals surface area contributed by atoms with Crippen LogP contribution in [0.25, 0.3) is 0 Å². The Hall–Kier alpha value is -2.08. The number of thioether (sulfide) groups is 1. The third kappa shape index (κ3) is 4.34. The van der Waals surface area contributed by atoms with Crippen molar-refractivity contribution in [3.63, 3.8) is 0 Å². The molecule has 5 heteroatoms. The molecule has 3 nitrogen and oxygen atoms in total. The molecule has 0 saturated heterocycles. The minimum atomic E-state index is 0.0432. The molecule has 0 aliphatic carbocycles. The number of carbonyl (C=O) groups is 1. The maximum atomic E-state index is 12.9. The Morgan fingerprint density at radius 1 is 1.20 bits per heavy atom. The minimum absolute atomic E-state index is 0.0432. The summed E-state index contributed by atoms with van der Waals surface area (Å²) < 4.78 is 0. The van der Waals surface area contributed by atoms with E-state index in [1.165, 1.54) is 26.4 Å². The number of fused-ring (bicyclic) bond motifs is 1. The number of anilines is 1. The fourth-order valence-electron chi connectivity index (χ4n) is 4.41. The zero-order chi connectivity index (χ0) is 21.1. The lowest BCUT2D eigenvalue weighted by molar-refractivity contribution is -0.117. The van der Waals surface area contributed by atoms with E-state index in [1.54, 1.807) is 11.8 Å². The summed E-state index contributed by atoms with van der Waals surface area (Å²) >= 11 is 3.59. The first-order valence-electron chi connectivity index (χ1n) is 10.4. The summed E-state index contributed by atoms with van der Waals surface area (Å²) in [4.78, 5) is 19.3. The SMILES string of the molecule is CCc1c(C)sc2c1CCN(CC(=O)Nc1cccc(SC)c1)C2c1ccccc1. The number of thiophene rings is 1. The molecule has 1 aliphatic rings. The molecule has 0 spiro atoms. The predicted octanol–water partition coefficient (Wildman–Crippen LogP) is 5.93. The van der Waals surface area contributed by atoms with Gasteiger partial charge in [0.1, 0.15) is 0 Å². The first-order valence-corrected chi connectivity index (χ1v) is 12.5. The van der Waals surface area contributed by atoms with E-state index in [2.05, 4.69) is 60.5 Å². The Morgan fingerprint density at radius 2 is 2.00 bits per heavy atom. The lowest BCUT2D eigenvalue weighted by atomic mass is 9.91. The van der Waals surface area contributed by atoms with Crippen LogP contribution in [0, 0.1) is 6.92 Å². The highest BCUT2D eigenvalue weighted by Gasteiger charge is 2.33. The van der Waals surface area contributed by atoms with Crippen LogP contribution >= 0.6 is 23.1 Å². The third-order valence-corrected chi connectivity index (χ3v) is 7.75. The average Bonchev–Trinajstić information content (AvgIpc) is 3.09. The minimum Gasteiger partial charge on any atom is -0.325 e. The molecule has 156 valence electrons. The van der Waals surface area contributed by atoms with E-state index in [0.29, 0.717) is 6.54 Å². The van der Waals surface area contributed by atoms with Gasteiger partial charge in [0.2, 0.25) is 5.91 Å². The van der Waals surface area contributed by atoms with Crippen molar-refractivity contribution in [3.05, 3.63) is 81.0 Å². The van der Waals surface area contributed by atoms with Gasteiger partial charge in [-0.05, 0) is 60.9 Å². The second-order valence-corrected chi connectivity index (χ2v) is 9.78. The summed E-state index contributed by atoms with van der Waals surface area (Å²) in [6.45, 7) is 5.77. The van der Waals surface area contributed by atoms with Gasteiger partial charge in [0.25, 0.3) is 0 Å². The number of aryl methyl sites for hydroxylation is 1. The van der Waals surface area contributed by atoms with Gasteiger partial charge in [0, 0.05) is 26.9 Å². The molecular weight excluding hydrogens is 408 g/mol. The zero-order valence-electron chi connectivity index (χ0n) is 17.8. The Morgan fingerprint density at radius 3 is 2.73 bits per heavy atom. The molecule has 0 radical (unpaired) electrons. The molecule has 4 rings (SSSR count). The van der Waals surface area contributed by atoms with Crippen LogP contribution in [0.1, 0.15) is 39.4 Å². The third-order valence-electron chi connectivity index (χ3n) is 5.78. The zero-order valence-corrected chi connectivity index (χ0v) is 19.4. The number of nitrogens with zero attached hydrogens (tertiary/aromatic N) is 1. The quantitative estimate of drug-likeness (QED) is 0.486. The molecule has 2 heterocycles. The van der Waals surface area contributed by atoms with Crippen LogP contribution in [0.15, 0.2) is 59.5 Å². The van der Waals surface area contributed by atoms with E-state index in [-0.39, 0.29) is 11.9 Å². The summed E-state index contributed by atoms with van der Waals surface area (Å²) in [7, 11) is 0. The van der Waals surface area contributed by atoms with E-state index in [1.807, 2.05) is 35.8 Å². The number of carbonyl (C=O) groups excluding carboxylic acids is 1. The van der Waals surface area contributed by atoms with Crippen LogP contribution in [0.4, 0.5) is 5.69 Å². The van der Waals surface area contributed by atoms with Crippen LogP contribution in [0.5, 0.6) is 0 Å². The van der Waals surface area contributed by atoms with Crippen molar-refractivity contribution in [2.75, 3.05) is 24.7 Å². The number of hydrogen-bond acceptors (Lipinski definition) is 4. The molecule has 1 N–H and O–H groups in total. The van der Waals surface area contributed by atoms with Crippen molar-refractivity contribution in [1.29, 1.82) is 0 Å². The van der Waals surface area contributed by atoms with Gasteiger partial charge < -0.3 is 5.32 Å². The monoisotopic (exact) mass is 436 g/mol. The van der Waals surface area contributed by atoms with Crippen LogP contribution in [0.3, 0.4) is 0 Å². The topological polar surface area (TPSA) is 32.3 Å². The van der Waals surface area contributed by atoms with Crippen LogP contribution < -0.4 is 5.32 Å². The standard InChI is InChI=1S/C25H28N2OS2/c1-4-21-17(2)30-25-22(21)13-14-27(24(25)18-9-6-5-7-10-18)16-23(28)26-19-11-8-12-20(15-19)29-3/h5-12,15,24H,4,13-14,16H2,1-3H3,(H,26,28). The first kappa shape index (κ1) is 21.2. The van der Waals surface area contributed by atoms with Crippen molar-refractivity contribution in [2.24, 2.45) is 0 Å². The van der Waals surface area contributed by atoms with Gasteiger partial charge >= 0.3 is 0 Å². The molecular formula is C25H28N2OS2. The molecule has 0 fully saturated rings. The maximum absolute atomic E-state index is 12.9. The average molecular weight is 437 g/mol. The van der Waals surface area contributed by atoms with Crippen LogP contribution in [0.2, 0.25) is 0 Å². The second-order valence-electron chi connectivity index (χ2n) is 7.65. The summed E-state index contributed by atoms with van der Waals surface area (Å²) in [6, 6.07) is 18.8. The molecule has 2 aromatic carbocycles. The molecule has 3 aromatic rings. The highest BCUT2D eigenvalue weighted by molar-refractivity contribution is 7.98. The van der Waals surface area contributed by atoms with Gasteiger partial charge in [-0.1, -0.05) is 43.3 Å². The van der Waals surface area contributed by atoms with E-state index >= 15 is 0 Å². The molecule has 1 unspecified atom stereocenters. The van der Waals surface area contributed by atoms with Crippen molar-refractivity contribution in [2.45, 2.75) is 37.6 Å². The number of nitrogens with one attached hydrogen (secondary N) is 1. The largest absolute Gasteiger partial charge is 0.325 e. The van der Waals surface area contributed by atoms with E-state index in [4.69, 9.17) is 0 Å². The molecule has 1 atom stereocenters. The Labute approximate surface area is 187 Å². The Bertz CT molecular complexity index is 1030. The normalized spacial score (nSPS) is 16.3. The molecule has 0 saturated carbocycles.